The molecule has 166 valence electrons. The Hall–Kier alpha value is -2.83. The number of fused-ring (bicyclic) bond motifs is 1. The maximum Gasteiger partial charge on any atom is 0.262 e. The summed E-state index contributed by atoms with van der Waals surface area (Å²) in [6.45, 7) is 2.41. The first kappa shape index (κ1) is 22.8. The van der Waals surface area contributed by atoms with Crippen LogP contribution >= 0.6 is 0 Å². The summed E-state index contributed by atoms with van der Waals surface area (Å²) < 4.78 is 5.11. The first-order valence-electron chi connectivity index (χ1n) is 9.27. The third-order valence-electron chi connectivity index (χ3n) is 5.86. The van der Waals surface area contributed by atoms with Gasteiger partial charge in [-0.25, -0.2) is 0 Å². The van der Waals surface area contributed by atoms with Crippen molar-refractivity contribution in [2.45, 2.75) is 56.5 Å². The summed E-state index contributed by atoms with van der Waals surface area (Å²) in [6.07, 6.45) is -6.83. The molecule has 2 aliphatic heterocycles. The lowest BCUT2D eigenvalue weighted by Crippen LogP contribution is -2.83. The molecule has 31 heavy (non-hydrogen) atoms. The van der Waals surface area contributed by atoms with Gasteiger partial charge >= 0.3 is 0 Å². The highest BCUT2D eigenvalue weighted by Crippen LogP contribution is 2.44. The van der Waals surface area contributed by atoms with Crippen molar-refractivity contribution in [3.05, 3.63) is 35.4 Å². The molecular weight excluding hydrogens is 414 g/mol. The van der Waals surface area contributed by atoms with Crippen LogP contribution in [0, 0.1) is 0 Å². The molecule has 1 aromatic carbocycles. The number of Topliss-reactive ketones (excluding diaryl/α,β-unsaturated/α-hetero) is 3. The predicted molar refractivity (Wildman–Crippen MR) is 99.6 cm³/mol. The average molecular weight is 435 g/mol. The van der Waals surface area contributed by atoms with E-state index in [1.54, 1.807) is 0 Å². The van der Waals surface area contributed by atoms with Crippen molar-refractivity contribution < 1.29 is 49.1 Å². The molecule has 0 aliphatic carbocycles. The van der Waals surface area contributed by atoms with Gasteiger partial charge in [-0.05, 0) is 32.9 Å². The molecule has 1 unspecified atom stereocenters. The Balaban J connectivity index is 2.24. The SMILES string of the molecule is CC(=O)C(O)[C@H]1O[C@@H](O)[C@@H](N2C(=O)c3ccccc3C2=O)[C@](O)(C(C)=O)[C@@]1(O)C(C)=O. The molecule has 0 bridgehead atoms. The van der Waals surface area contributed by atoms with Crippen molar-refractivity contribution in [2.75, 3.05) is 0 Å². The van der Waals surface area contributed by atoms with E-state index in [1.807, 2.05) is 0 Å². The number of hydrogen-bond acceptors (Lipinski definition) is 10. The molecule has 1 saturated heterocycles. The van der Waals surface area contributed by atoms with Gasteiger partial charge in [-0.1, -0.05) is 12.1 Å². The maximum absolute atomic E-state index is 12.9. The lowest BCUT2D eigenvalue weighted by atomic mass is 9.65. The Kier molecular flexibility index (Phi) is 5.45. The minimum Gasteiger partial charge on any atom is -0.382 e. The van der Waals surface area contributed by atoms with E-state index in [9.17, 15) is 44.4 Å². The lowest BCUT2D eigenvalue weighted by molar-refractivity contribution is -0.321. The van der Waals surface area contributed by atoms with Crippen LogP contribution in [0.1, 0.15) is 41.5 Å². The third kappa shape index (κ3) is 2.89. The van der Waals surface area contributed by atoms with Crippen molar-refractivity contribution in [1.29, 1.82) is 0 Å². The normalized spacial score (nSPS) is 33.8. The molecule has 11 heteroatoms. The zero-order valence-corrected chi connectivity index (χ0v) is 16.8. The third-order valence-corrected chi connectivity index (χ3v) is 5.86. The molecule has 4 N–H and O–H groups in total. The van der Waals surface area contributed by atoms with Crippen LogP contribution in [-0.4, -0.2) is 90.2 Å². The number of hydrogen-bond donors (Lipinski definition) is 4. The van der Waals surface area contributed by atoms with Gasteiger partial charge in [-0.15, -0.1) is 0 Å². The van der Waals surface area contributed by atoms with Crippen LogP contribution in [-0.2, 0) is 19.1 Å². The highest BCUT2D eigenvalue weighted by molar-refractivity contribution is 6.22. The molecule has 1 aromatic rings. The number of benzene rings is 1. The summed E-state index contributed by atoms with van der Waals surface area (Å²) in [5, 5.41) is 43.5. The van der Waals surface area contributed by atoms with Crippen molar-refractivity contribution in [1.82, 2.24) is 4.90 Å². The van der Waals surface area contributed by atoms with Crippen LogP contribution in [0.2, 0.25) is 0 Å². The molecule has 0 spiro atoms. The summed E-state index contributed by atoms with van der Waals surface area (Å²) in [5.41, 5.74) is -6.79. The van der Waals surface area contributed by atoms with E-state index in [0.29, 0.717) is 4.90 Å². The largest absolute Gasteiger partial charge is 0.382 e. The van der Waals surface area contributed by atoms with Crippen LogP contribution in [0.4, 0.5) is 0 Å². The Bertz CT molecular complexity index is 970. The van der Waals surface area contributed by atoms with Crippen molar-refractivity contribution in [3.63, 3.8) is 0 Å². The van der Waals surface area contributed by atoms with Crippen LogP contribution in [0.5, 0.6) is 0 Å². The van der Waals surface area contributed by atoms with Gasteiger partial charge in [0.05, 0.1) is 11.1 Å². The standard InChI is InChI=1S/C20H21NO10/c1-8(22)13(25)15-20(30,10(3)24)19(29,9(2)23)14(18(28)31-15)21-16(26)11-6-4-5-7-12(11)17(21)27/h4-7,13-15,18,25,28-30H,1-3H3/t13?,14-,15-,18-,19-,20-/m1/s1. The molecular formula is C20H21NO10. The summed E-state index contributed by atoms with van der Waals surface area (Å²) in [7, 11) is 0. The van der Waals surface area contributed by atoms with Crippen molar-refractivity contribution >= 4 is 29.2 Å². The Morgan fingerprint density at radius 2 is 1.42 bits per heavy atom. The zero-order valence-electron chi connectivity index (χ0n) is 16.8. The zero-order chi connectivity index (χ0) is 23.5. The fourth-order valence-electron chi connectivity index (χ4n) is 4.21. The quantitative estimate of drug-likeness (QED) is 0.376. The predicted octanol–water partition coefficient (Wildman–Crippen LogP) is -2.04. The summed E-state index contributed by atoms with van der Waals surface area (Å²) in [4.78, 5) is 63.0. The minimum atomic E-state index is -3.31. The molecule has 2 heterocycles. The van der Waals surface area contributed by atoms with Gasteiger partial charge in [0.1, 0.15) is 18.2 Å². The van der Waals surface area contributed by atoms with Gasteiger partial charge in [0.25, 0.3) is 11.8 Å². The second-order valence-electron chi connectivity index (χ2n) is 7.62. The number of ketones is 3. The number of imide groups is 1. The monoisotopic (exact) mass is 435 g/mol. The van der Waals surface area contributed by atoms with E-state index in [2.05, 4.69) is 0 Å². The lowest BCUT2D eigenvalue weighted by Gasteiger charge is -2.55. The summed E-state index contributed by atoms with van der Waals surface area (Å²) in [5.74, 6) is -5.63. The number of rotatable bonds is 5. The summed E-state index contributed by atoms with van der Waals surface area (Å²) >= 11 is 0. The Morgan fingerprint density at radius 3 is 1.81 bits per heavy atom. The minimum absolute atomic E-state index is 0.0946. The van der Waals surface area contributed by atoms with Crippen LogP contribution in [0.15, 0.2) is 24.3 Å². The molecule has 2 amide bonds. The van der Waals surface area contributed by atoms with E-state index in [4.69, 9.17) is 4.74 Å². The van der Waals surface area contributed by atoms with Gasteiger partial charge in [-0.3, -0.25) is 28.9 Å². The molecule has 3 rings (SSSR count). The van der Waals surface area contributed by atoms with Gasteiger partial charge in [0.15, 0.2) is 34.8 Å². The van der Waals surface area contributed by atoms with Crippen LogP contribution < -0.4 is 0 Å². The summed E-state index contributed by atoms with van der Waals surface area (Å²) in [6, 6.07) is 3.27. The van der Waals surface area contributed by atoms with Crippen LogP contribution in [0.25, 0.3) is 0 Å². The Labute approximate surface area is 175 Å². The first-order chi connectivity index (χ1) is 14.3. The highest BCUT2D eigenvalue weighted by atomic mass is 16.6. The van der Waals surface area contributed by atoms with E-state index in [-0.39, 0.29) is 11.1 Å². The molecule has 2 aliphatic rings. The number of ether oxygens (including phenoxy) is 1. The number of nitrogens with zero attached hydrogens (tertiary/aromatic N) is 1. The van der Waals surface area contributed by atoms with Gasteiger partial charge in [-0.2, -0.15) is 0 Å². The number of aliphatic hydroxyl groups excluding tert-OH is 2. The van der Waals surface area contributed by atoms with Gasteiger partial charge in [0.2, 0.25) is 0 Å². The van der Waals surface area contributed by atoms with E-state index >= 15 is 0 Å². The van der Waals surface area contributed by atoms with E-state index in [0.717, 1.165) is 20.8 Å². The topological polar surface area (TPSA) is 179 Å². The van der Waals surface area contributed by atoms with Crippen molar-refractivity contribution in [2.24, 2.45) is 0 Å². The first-order valence-corrected chi connectivity index (χ1v) is 9.27. The van der Waals surface area contributed by atoms with Gasteiger partial charge < -0.3 is 25.2 Å². The smallest absolute Gasteiger partial charge is 0.262 e. The second-order valence-corrected chi connectivity index (χ2v) is 7.62. The average Bonchev–Trinajstić information content (AvgIpc) is 2.95. The second kappa shape index (κ2) is 7.39. The fourth-order valence-corrected chi connectivity index (χ4v) is 4.21. The molecule has 0 saturated carbocycles. The molecule has 11 nitrogen and oxygen atoms in total. The molecule has 1 fully saturated rings. The van der Waals surface area contributed by atoms with Crippen LogP contribution in [0.3, 0.4) is 0 Å². The van der Waals surface area contributed by atoms with Gasteiger partial charge in [0, 0.05) is 0 Å². The maximum atomic E-state index is 12.9. The van der Waals surface area contributed by atoms with E-state index < -0.39 is 64.9 Å². The molecule has 0 radical (unpaired) electrons. The molecule has 6 atom stereocenters. The Morgan fingerprint density at radius 1 is 0.968 bits per heavy atom. The number of carbonyl (C=O) groups excluding carboxylic acids is 5. The fraction of sp³-hybridized carbons (Fsp3) is 0.450. The number of carbonyl (C=O) groups is 5. The number of amides is 2. The number of aliphatic hydroxyl groups is 4. The van der Waals surface area contributed by atoms with E-state index in [1.165, 1.54) is 24.3 Å². The van der Waals surface area contributed by atoms with Crippen molar-refractivity contribution in [3.8, 4) is 0 Å². The molecule has 0 aromatic heterocycles. The highest BCUT2D eigenvalue weighted by Gasteiger charge is 2.74.